The highest BCUT2D eigenvalue weighted by atomic mass is 16.5. The Kier molecular flexibility index (Phi) is 5.14. The SMILES string of the molecule is O=C(COc1ncnc2ccccc12)NC[C@H]1CCN(c2ccccc2)C1. The van der Waals surface area contributed by atoms with Crippen LogP contribution in [-0.2, 0) is 4.79 Å². The lowest BCUT2D eigenvalue weighted by molar-refractivity contribution is -0.123. The smallest absolute Gasteiger partial charge is 0.258 e. The van der Waals surface area contributed by atoms with Gasteiger partial charge in [0.1, 0.15) is 6.33 Å². The molecule has 1 aromatic heterocycles. The Morgan fingerprint density at radius 2 is 1.93 bits per heavy atom. The van der Waals surface area contributed by atoms with Crippen molar-refractivity contribution in [3.63, 3.8) is 0 Å². The minimum atomic E-state index is -0.129. The summed E-state index contributed by atoms with van der Waals surface area (Å²) in [6.07, 6.45) is 2.53. The standard InChI is InChI=1S/C21H22N4O2/c26-20(14-27-21-18-8-4-5-9-19(18)23-15-24-21)22-12-16-10-11-25(13-16)17-6-2-1-3-7-17/h1-9,15-16H,10-14H2,(H,22,26)/t16-/m1/s1. The molecule has 0 radical (unpaired) electrons. The van der Waals surface area contributed by atoms with Crippen molar-refractivity contribution < 1.29 is 9.53 Å². The number of benzene rings is 2. The number of para-hydroxylation sites is 2. The molecular formula is C21H22N4O2. The normalized spacial score (nSPS) is 16.4. The first kappa shape index (κ1) is 17.3. The number of hydrogen-bond donors (Lipinski definition) is 1. The molecule has 1 fully saturated rings. The summed E-state index contributed by atoms with van der Waals surface area (Å²) in [4.78, 5) is 22.9. The third-order valence-electron chi connectivity index (χ3n) is 4.84. The molecule has 0 aliphatic carbocycles. The fourth-order valence-electron chi connectivity index (χ4n) is 3.41. The van der Waals surface area contributed by atoms with E-state index >= 15 is 0 Å². The fraction of sp³-hybridized carbons (Fsp3) is 0.286. The van der Waals surface area contributed by atoms with Gasteiger partial charge in [0.15, 0.2) is 6.61 Å². The average Bonchev–Trinajstić information content (AvgIpc) is 3.20. The molecule has 1 saturated heterocycles. The Balaban J connectivity index is 1.26. The lowest BCUT2D eigenvalue weighted by Crippen LogP contribution is -2.34. The second-order valence-electron chi connectivity index (χ2n) is 6.72. The first-order chi connectivity index (χ1) is 13.3. The summed E-state index contributed by atoms with van der Waals surface area (Å²) in [5.41, 5.74) is 2.04. The lowest BCUT2D eigenvalue weighted by Gasteiger charge is -2.18. The Hall–Kier alpha value is -3.15. The lowest BCUT2D eigenvalue weighted by atomic mass is 10.1. The average molecular weight is 362 g/mol. The van der Waals surface area contributed by atoms with E-state index in [-0.39, 0.29) is 12.5 Å². The van der Waals surface area contributed by atoms with Gasteiger partial charge in [-0.25, -0.2) is 9.97 Å². The van der Waals surface area contributed by atoms with Gasteiger partial charge in [-0.3, -0.25) is 4.79 Å². The van der Waals surface area contributed by atoms with Gasteiger partial charge in [0.2, 0.25) is 5.88 Å². The second-order valence-corrected chi connectivity index (χ2v) is 6.72. The van der Waals surface area contributed by atoms with Gasteiger partial charge in [0.05, 0.1) is 10.9 Å². The molecule has 1 atom stereocenters. The molecule has 138 valence electrons. The molecular weight excluding hydrogens is 340 g/mol. The summed E-state index contributed by atoms with van der Waals surface area (Å²) in [6, 6.07) is 18.0. The van der Waals surface area contributed by atoms with Gasteiger partial charge < -0.3 is 15.0 Å². The summed E-state index contributed by atoms with van der Waals surface area (Å²) in [5.74, 6) is 0.761. The maximum atomic E-state index is 12.2. The van der Waals surface area contributed by atoms with Crippen LogP contribution in [-0.4, -0.2) is 42.1 Å². The zero-order valence-corrected chi connectivity index (χ0v) is 15.0. The number of aromatic nitrogens is 2. The third-order valence-corrected chi connectivity index (χ3v) is 4.84. The van der Waals surface area contributed by atoms with Gasteiger partial charge in [-0.05, 0) is 36.6 Å². The Morgan fingerprint density at radius 3 is 2.81 bits per heavy atom. The summed E-state index contributed by atoms with van der Waals surface area (Å²) in [5, 5.41) is 3.79. The monoisotopic (exact) mass is 362 g/mol. The number of carbonyl (C=O) groups excluding carboxylic acids is 1. The second kappa shape index (κ2) is 8.03. The van der Waals surface area contributed by atoms with Crippen LogP contribution >= 0.6 is 0 Å². The van der Waals surface area contributed by atoms with E-state index in [1.165, 1.54) is 12.0 Å². The van der Waals surface area contributed by atoms with Gasteiger partial charge in [-0.2, -0.15) is 0 Å². The van der Waals surface area contributed by atoms with Crippen molar-refractivity contribution >= 4 is 22.5 Å². The van der Waals surface area contributed by atoms with Crippen LogP contribution in [0.5, 0.6) is 5.88 Å². The minimum absolute atomic E-state index is 0.0455. The maximum absolute atomic E-state index is 12.2. The molecule has 1 aliphatic rings. The molecule has 0 unspecified atom stereocenters. The highest BCUT2D eigenvalue weighted by Crippen LogP contribution is 2.23. The fourth-order valence-corrected chi connectivity index (χ4v) is 3.41. The van der Waals surface area contributed by atoms with Crippen LogP contribution < -0.4 is 15.0 Å². The van der Waals surface area contributed by atoms with Crippen molar-refractivity contribution in [2.75, 3.05) is 31.1 Å². The topological polar surface area (TPSA) is 67.3 Å². The van der Waals surface area contributed by atoms with Crippen LogP contribution in [0, 0.1) is 5.92 Å². The number of hydrogen-bond acceptors (Lipinski definition) is 5. The van der Waals surface area contributed by atoms with Crippen molar-refractivity contribution in [1.82, 2.24) is 15.3 Å². The first-order valence-corrected chi connectivity index (χ1v) is 9.19. The van der Waals surface area contributed by atoms with Gasteiger partial charge in [-0.1, -0.05) is 30.3 Å². The Bertz CT molecular complexity index is 911. The van der Waals surface area contributed by atoms with Crippen LogP contribution in [0.1, 0.15) is 6.42 Å². The number of ether oxygens (including phenoxy) is 1. The van der Waals surface area contributed by atoms with Crippen molar-refractivity contribution in [2.24, 2.45) is 5.92 Å². The van der Waals surface area contributed by atoms with Crippen LogP contribution in [0.3, 0.4) is 0 Å². The number of nitrogens with zero attached hydrogens (tertiary/aromatic N) is 3. The number of fused-ring (bicyclic) bond motifs is 1. The summed E-state index contributed by atoms with van der Waals surface area (Å²) in [6.45, 7) is 2.60. The van der Waals surface area contributed by atoms with Gasteiger partial charge in [0, 0.05) is 25.3 Å². The van der Waals surface area contributed by atoms with E-state index in [9.17, 15) is 4.79 Å². The molecule has 1 N–H and O–H groups in total. The van der Waals surface area contributed by atoms with E-state index in [0.717, 1.165) is 30.4 Å². The number of carbonyl (C=O) groups is 1. The minimum Gasteiger partial charge on any atom is -0.467 e. The number of amides is 1. The first-order valence-electron chi connectivity index (χ1n) is 9.19. The van der Waals surface area contributed by atoms with Gasteiger partial charge in [-0.15, -0.1) is 0 Å². The molecule has 1 amide bonds. The molecule has 0 saturated carbocycles. The van der Waals surface area contributed by atoms with Crippen molar-refractivity contribution in [1.29, 1.82) is 0 Å². The van der Waals surface area contributed by atoms with E-state index in [0.29, 0.717) is 18.3 Å². The predicted molar refractivity (Wildman–Crippen MR) is 105 cm³/mol. The molecule has 0 bridgehead atoms. The largest absolute Gasteiger partial charge is 0.467 e. The van der Waals surface area contributed by atoms with Crippen LogP contribution in [0.4, 0.5) is 5.69 Å². The van der Waals surface area contributed by atoms with Crippen molar-refractivity contribution in [2.45, 2.75) is 6.42 Å². The molecule has 2 aromatic carbocycles. The zero-order chi connectivity index (χ0) is 18.5. The van der Waals surface area contributed by atoms with Crippen LogP contribution in [0.2, 0.25) is 0 Å². The van der Waals surface area contributed by atoms with Crippen molar-refractivity contribution in [3.05, 3.63) is 60.9 Å². The predicted octanol–water partition coefficient (Wildman–Crippen LogP) is 2.65. The zero-order valence-electron chi connectivity index (χ0n) is 15.0. The highest BCUT2D eigenvalue weighted by Gasteiger charge is 2.23. The van der Waals surface area contributed by atoms with Crippen LogP contribution in [0.15, 0.2) is 60.9 Å². The van der Waals surface area contributed by atoms with Gasteiger partial charge in [0.25, 0.3) is 5.91 Å². The number of anilines is 1. The molecule has 27 heavy (non-hydrogen) atoms. The van der Waals surface area contributed by atoms with E-state index in [4.69, 9.17) is 4.74 Å². The molecule has 0 spiro atoms. The summed E-state index contributed by atoms with van der Waals surface area (Å²) in [7, 11) is 0. The molecule has 3 aromatic rings. The molecule has 4 rings (SSSR count). The van der Waals surface area contributed by atoms with E-state index in [1.54, 1.807) is 0 Å². The van der Waals surface area contributed by atoms with E-state index < -0.39 is 0 Å². The molecule has 6 nitrogen and oxygen atoms in total. The highest BCUT2D eigenvalue weighted by molar-refractivity contribution is 5.84. The Morgan fingerprint density at radius 1 is 1.11 bits per heavy atom. The number of nitrogens with one attached hydrogen (secondary N) is 1. The van der Waals surface area contributed by atoms with Crippen molar-refractivity contribution in [3.8, 4) is 5.88 Å². The maximum Gasteiger partial charge on any atom is 0.258 e. The third kappa shape index (κ3) is 4.16. The summed E-state index contributed by atoms with van der Waals surface area (Å²) < 4.78 is 5.61. The van der Waals surface area contributed by atoms with Gasteiger partial charge >= 0.3 is 0 Å². The molecule has 2 heterocycles. The molecule has 1 aliphatic heterocycles. The number of rotatable bonds is 6. The van der Waals surface area contributed by atoms with E-state index in [2.05, 4.69) is 44.5 Å². The summed E-state index contributed by atoms with van der Waals surface area (Å²) >= 11 is 0. The Labute approximate surface area is 158 Å². The van der Waals surface area contributed by atoms with E-state index in [1.807, 2.05) is 30.3 Å². The quantitative estimate of drug-likeness (QED) is 0.730. The molecule has 6 heteroatoms. The van der Waals surface area contributed by atoms with Crippen LogP contribution in [0.25, 0.3) is 10.9 Å².